The van der Waals surface area contributed by atoms with E-state index < -0.39 is 23.8 Å². The maximum absolute atomic E-state index is 13.1. The lowest BCUT2D eigenvalue weighted by Crippen LogP contribution is -2.54. The molecule has 1 atom stereocenters. The van der Waals surface area contributed by atoms with Gasteiger partial charge in [-0.25, -0.2) is 15.0 Å². The number of imide groups is 2. The largest absolute Gasteiger partial charge is 0.474 e. The molecule has 0 aliphatic carbocycles. The zero-order chi connectivity index (χ0) is 42.0. The average Bonchev–Trinajstić information content (AvgIpc) is 3.53. The van der Waals surface area contributed by atoms with Crippen LogP contribution in [0.4, 0.5) is 23.0 Å². The monoisotopic (exact) mass is 822 g/mol. The zero-order valence-corrected chi connectivity index (χ0v) is 34.5. The van der Waals surface area contributed by atoms with Crippen molar-refractivity contribution in [1.29, 1.82) is 0 Å². The molecular formula is C46H50N10O5. The highest BCUT2D eigenvalue weighted by Gasteiger charge is 2.45. The molecule has 1 unspecified atom stereocenters. The van der Waals surface area contributed by atoms with Crippen LogP contribution in [0.3, 0.4) is 0 Å². The Balaban J connectivity index is 0.000000157. The Hall–Kier alpha value is -6.45. The third-order valence-electron chi connectivity index (χ3n) is 12.3. The second-order valence-electron chi connectivity index (χ2n) is 16.4. The number of piperazine rings is 1. The van der Waals surface area contributed by atoms with Gasteiger partial charge in [0.15, 0.2) is 0 Å². The summed E-state index contributed by atoms with van der Waals surface area (Å²) in [6.45, 7) is 12.7. The summed E-state index contributed by atoms with van der Waals surface area (Å²) in [6.07, 6.45) is 6.49. The van der Waals surface area contributed by atoms with E-state index in [1.807, 2.05) is 36.7 Å². The van der Waals surface area contributed by atoms with Gasteiger partial charge >= 0.3 is 0 Å². The summed E-state index contributed by atoms with van der Waals surface area (Å²) < 4.78 is 5.64. The molecule has 314 valence electrons. The molecule has 3 saturated heterocycles. The number of nitrogens with zero attached hydrogens (tertiary/aromatic N) is 6. The lowest BCUT2D eigenvalue weighted by atomic mass is 9.97. The molecule has 15 heteroatoms. The molecule has 4 amide bonds. The maximum atomic E-state index is 13.1. The molecule has 5 aliphatic rings. The molecule has 0 saturated carbocycles. The number of hydrogen-bond acceptors (Lipinski definition) is 13. The molecule has 7 heterocycles. The van der Waals surface area contributed by atoms with Crippen molar-refractivity contribution in [2.75, 3.05) is 74.5 Å². The number of rotatable bonds is 7. The van der Waals surface area contributed by atoms with Crippen LogP contribution in [0.15, 0.2) is 73.1 Å². The van der Waals surface area contributed by atoms with Gasteiger partial charge in [0.25, 0.3) is 11.8 Å². The van der Waals surface area contributed by atoms with Crippen molar-refractivity contribution in [1.82, 2.24) is 35.4 Å². The molecule has 3 aromatic carbocycles. The van der Waals surface area contributed by atoms with Crippen molar-refractivity contribution in [2.45, 2.75) is 45.6 Å². The quantitative estimate of drug-likeness (QED) is 0.161. The number of anilines is 4. The minimum atomic E-state index is -0.929. The van der Waals surface area contributed by atoms with Crippen molar-refractivity contribution in [3.8, 4) is 17.0 Å². The molecule has 0 bridgehead atoms. The van der Waals surface area contributed by atoms with Crippen LogP contribution in [0, 0.1) is 19.8 Å². The molecule has 4 N–H and O–H groups in total. The van der Waals surface area contributed by atoms with E-state index in [9.17, 15) is 19.2 Å². The third-order valence-corrected chi connectivity index (χ3v) is 12.3. The van der Waals surface area contributed by atoms with Gasteiger partial charge in [-0.15, -0.1) is 0 Å². The van der Waals surface area contributed by atoms with E-state index in [-0.39, 0.29) is 18.7 Å². The van der Waals surface area contributed by atoms with Crippen molar-refractivity contribution in [3.63, 3.8) is 0 Å². The number of carbonyl (C=O) groups is 4. The van der Waals surface area contributed by atoms with Gasteiger partial charge < -0.3 is 25.6 Å². The van der Waals surface area contributed by atoms with Crippen LogP contribution in [-0.2, 0) is 9.59 Å². The fourth-order valence-electron chi connectivity index (χ4n) is 8.80. The highest BCUT2D eigenvalue weighted by Crippen LogP contribution is 2.36. The summed E-state index contributed by atoms with van der Waals surface area (Å²) in [4.78, 5) is 69.0. The number of nitrogens with one attached hydrogen (secondary N) is 4. The molecule has 61 heavy (non-hydrogen) atoms. The van der Waals surface area contributed by atoms with E-state index in [0.717, 1.165) is 108 Å². The van der Waals surface area contributed by atoms with Crippen LogP contribution in [0.5, 0.6) is 5.88 Å². The number of amides is 4. The Kier molecular flexibility index (Phi) is 11.3. The Bertz CT molecular complexity index is 2500. The first-order chi connectivity index (χ1) is 29.7. The highest BCUT2D eigenvalue weighted by atomic mass is 16.5. The average molecular weight is 823 g/mol. The summed E-state index contributed by atoms with van der Waals surface area (Å²) in [6, 6.07) is 18.8. The predicted molar refractivity (Wildman–Crippen MR) is 233 cm³/mol. The van der Waals surface area contributed by atoms with Crippen molar-refractivity contribution >= 4 is 57.5 Å². The van der Waals surface area contributed by atoms with Crippen LogP contribution in [0.2, 0.25) is 0 Å². The van der Waals surface area contributed by atoms with Gasteiger partial charge in [-0.1, -0.05) is 29.8 Å². The van der Waals surface area contributed by atoms with E-state index in [4.69, 9.17) is 9.72 Å². The van der Waals surface area contributed by atoms with Crippen molar-refractivity contribution in [3.05, 3.63) is 95.3 Å². The first kappa shape index (κ1) is 40.0. The minimum Gasteiger partial charge on any atom is -0.474 e. The molecule has 10 rings (SSSR count). The number of fused-ring (bicyclic) bond motifs is 3. The summed E-state index contributed by atoms with van der Waals surface area (Å²) in [5.41, 5.74) is 8.89. The number of benzene rings is 3. The van der Waals surface area contributed by atoms with Crippen LogP contribution in [0.1, 0.15) is 57.5 Å². The topological polar surface area (TPSA) is 174 Å². The molecule has 0 radical (unpaired) electrons. The van der Waals surface area contributed by atoms with Crippen LogP contribution < -0.4 is 30.9 Å². The normalized spacial score (nSPS) is 19.3. The van der Waals surface area contributed by atoms with Gasteiger partial charge in [0.1, 0.15) is 18.3 Å². The minimum absolute atomic E-state index is 0.122. The maximum Gasteiger partial charge on any atom is 0.262 e. The number of carbonyl (C=O) groups excluding carboxylic acids is 4. The standard InChI is InChI=1S/C23H29N5O4.C23H21N5O/c29-20-4-3-19(21(30)25-20)28-22(31)17-2-1-16(13-18(17)23(28)32)27-11-9-26(10-12-27)14-15-5-7-24-8-6-15;1-14-3-7-18(8-4-14)27-23-26-12-17-6-5-16(11-20(17)28-23)19-13-25-22-21(15(19)2)24-9-10-29-22/h1-2,13,15,19,24H,3-12,14H2,(H,25,29,30);3-8,11-13,24H,9-10H2,1-2H3,(H,26,27,28). The number of hydrogen-bond donors (Lipinski definition) is 4. The first-order valence-corrected chi connectivity index (χ1v) is 21.2. The van der Waals surface area contributed by atoms with E-state index in [1.54, 1.807) is 12.1 Å². The lowest BCUT2D eigenvalue weighted by Gasteiger charge is -2.38. The zero-order valence-electron chi connectivity index (χ0n) is 34.5. The number of aryl methyl sites for hydroxylation is 1. The number of piperidine rings is 2. The lowest BCUT2D eigenvalue weighted by molar-refractivity contribution is -0.136. The molecule has 2 aromatic heterocycles. The van der Waals surface area contributed by atoms with E-state index in [1.165, 1.54) is 18.4 Å². The van der Waals surface area contributed by atoms with Crippen LogP contribution >= 0.6 is 0 Å². The van der Waals surface area contributed by atoms with Gasteiger partial charge in [-0.2, -0.15) is 0 Å². The van der Waals surface area contributed by atoms with Gasteiger partial charge in [-0.05, 0) is 99.6 Å². The van der Waals surface area contributed by atoms with E-state index in [2.05, 4.69) is 79.1 Å². The molecule has 15 nitrogen and oxygen atoms in total. The van der Waals surface area contributed by atoms with Crippen LogP contribution in [0.25, 0.3) is 22.0 Å². The molecular weight excluding hydrogens is 773 g/mol. The molecule has 0 spiro atoms. The molecule has 3 fully saturated rings. The Morgan fingerprint density at radius 2 is 1.59 bits per heavy atom. The van der Waals surface area contributed by atoms with Crippen molar-refractivity contribution in [2.24, 2.45) is 5.92 Å². The summed E-state index contributed by atoms with van der Waals surface area (Å²) in [7, 11) is 0. The van der Waals surface area contributed by atoms with E-state index in [0.29, 0.717) is 29.6 Å². The molecule has 5 aromatic rings. The van der Waals surface area contributed by atoms with Gasteiger partial charge in [0.2, 0.25) is 23.6 Å². The summed E-state index contributed by atoms with van der Waals surface area (Å²) >= 11 is 0. The summed E-state index contributed by atoms with van der Waals surface area (Å²) in [5, 5.41) is 13.3. The van der Waals surface area contributed by atoms with E-state index >= 15 is 0 Å². The Morgan fingerprint density at radius 3 is 2.38 bits per heavy atom. The van der Waals surface area contributed by atoms with Gasteiger partial charge in [-0.3, -0.25) is 34.3 Å². The smallest absolute Gasteiger partial charge is 0.262 e. The number of ether oxygens (including phenoxy) is 1. The van der Waals surface area contributed by atoms with Crippen LogP contribution in [-0.4, -0.2) is 113 Å². The Morgan fingerprint density at radius 1 is 0.803 bits per heavy atom. The number of pyridine rings is 1. The first-order valence-electron chi connectivity index (χ1n) is 21.2. The summed E-state index contributed by atoms with van der Waals surface area (Å²) in [5.74, 6) is 0.151. The SMILES string of the molecule is Cc1ccc(Nc2ncc3ccc(-c4cnc5c(c4C)NCCO5)cc3n2)cc1.O=C1CCC(N2C(=O)c3ccc(N4CCN(CC5CCNCC5)CC4)cc3C2=O)C(=O)N1. The fraction of sp³-hybridized carbons (Fsp3) is 0.370. The second-order valence-corrected chi connectivity index (χ2v) is 16.4. The highest BCUT2D eigenvalue weighted by molar-refractivity contribution is 6.23. The molecule has 5 aliphatic heterocycles. The predicted octanol–water partition coefficient (Wildman–Crippen LogP) is 5.07. The fourth-order valence-corrected chi connectivity index (χ4v) is 8.80. The van der Waals surface area contributed by atoms with Crippen molar-refractivity contribution < 1.29 is 23.9 Å². The third kappa shape index (κ3) is 8.48. The Labute approximate surface area is 354 Å². The van der Waals surface area contributed by atoms with Gasteiger partial charge in [0, 0.05) is 80.4 Å². The number of aromatic nitrogens is 3. The second kappa shape index (κ2) is 17.3. The van der Waals surface area contributed by atoms with Gasteiger partial charge in [0.05, 0.1) is 16.6 Å².